The lowest BCUT2D eigenvalue weighted by Gasteiger charge is -2.12. The Hall–Kier alpha value is -2.64. The number of carbonyl (C=O) groups is 2. The van der Waals surface area contributed by atoms with Gasteiger partial charge in [-0.25, -0.2) is 4.79 Å². The van der Waals surface area contributed by atoms with Crippen LogP contribution < -0.4 is 15.4 Å². The number of aryl methyl sites for hydroxylation is 2. The molecule has 2 aromatic carbocycles. The molecule has 0 saturated carbocycles. The standard InChI is InChI=1S/C18H17ClN2O4S/c1-10-3-5-13(7-11(10)2)25-9-16(22)21-18(26)20-15-8-12(17(23)24)4-6-14(15)19/h3-8H,9H2,1-2H3,(H,23,24)(H2,20,21,22,26). The van der Waals surface area contributed by atoms with E-state index in [-0.39, 0.29) is 28.0 Å². The summed E-state index contributed by atoms with van der Waals surface area (Å²) in [4.78, 5) is 22.9. The van der Waals surface area contributed by atoms with Crippen molar-refractivity contribution in [1.29, 1.82) is 0 Å². The van der Waals surface area contributed by atoms with E-state index in [2.05, 4.69) is 10.6 Å². The van der Waals surface area contributed by atoms with E-state index in [9.17, 15) is 9.59 Å². The van der Waals surface area contributed by atoms with Gasteiger partial charge in [0.25, 0.3) is 5.91 Å². The Morgan fingerprint density at radius 3 is 2.54 bits per heavy atom. The third-order valence-electron chi connectivity index (χ3n) is 3.56. The second kappa shape index (κ2) is 8.64. The number of benzene rings is 2. The van der Waals surface area contributed by atoms with Gasteiger partial charge in [0.15, 0.2) is 11.7 Å². The van der Waals surface area contributed by atoms with Crippen LogP contribution in [0.3, 0.4) is 0 Å². The lowest BCUT2D eigenvalue weighted by Crippen LogP contribution is -2.37. The lowest BCUT2D eigenvalue weighted by molar-refractivity contribution is -0.121. The minimum absolute atomic E-state index is 0.0110. The Balaban J connectivity index is 1.91. The molecule has 136 valence electrons. The number of carbonyl (C=O) groups excluding carboxylic acids is 1. The minimum Gasteiger partial charge on any atom is -0.484 e. The van der Waals surface area contributed by atoms with Gasteiger partial charge in [0.2, 0.25) is 0 Å². The SMILES string of the molecule is Cc1ccc(OCC(=O)NC(=S)Nc2cc(C(=O)O)ccc2Cl)cc1C. The van der Waals surface area contributed by atoms with Crippen molar-refractivity contribution in [2.75, 3.05) is 11.9 Å². The maximum absolute atomic E-state index is 11.9. The third kappa shape index (κ3) is 5.44. The molecule has 1 amide bonds. The molecule has 0 bridgehead atoms. The second-order valence-electron chi connectivity index (χ2n) is 5.54. The highest BCUT2D eigenvalue weighted by atomic mass is 35.5. The van der Waals surface area contributed by atoms with Gasteiger partial charge in [0.1, 0.15) is 5.75 Å². The summed E-state index contributed by atoms with van der Waals surface area (Å²) in [5, 5.41) is 14.4. The Kier molecular flexibility index (Phi) is 6.54. The van der Waals surface area contributed by atoms with Crippen molar-refractivity contribution in [3.63, 3.8) is 0 Å². The molecule has 26 heavy (non-hydrogen) atoms. The molecular formula is C18H17ClN2O4S. The lowest BCUT2D eigenvalue weighted by atomic mass is 10.1. The summed E-state index contributed by atoms with van der Waals surface area (Å²) in [7, 11) is 0. The fraction of sp³-hybridized carbons (Fsp3) is 0.167. The summed E-state index contributed by atoms with van der Waals surface area (Å²) in [6, 6.07) is 9.66. The number of carboxylic acids is 1. The zero-order valence-electron chi connectivity index (χ0n) is 14.1. The van der Waals surface area contributed by atoms with Crippen molar-refractivity contribution in [1.82, 2.24) is 5.32 Å². The number of anilines is 1. The number of aromatic carboxylic acids is 1. The van der Waals surface area contributed by atoms with Crippen molar-refractivity contribution >= 4 is 46.5 Å². The number of rotatable bonds is 5. The summed E-state index contributed by atoms with van der Waals surface area (Å²) in [6.07, 6.45) is 0. The molecule has 0 heterocycles. The molecule has 2 rings (SSSR count). The van der Waals surface area contributed by atoms with Gasteiger partial charge in [-0.2, -0.15) is 0 Å². The molecular weight excluding hydrogens is 376 g/mol. The molecule has 3 N–H and O–H groups in total. The van der Waals surface area contributed by atoms with Crippen molar-refractivity contribution in [3.8, 4) is 5.75 Å². The largest absolute Gasteiger partial charge is 0.484 e. The Morgan fingerprint density at radius 1 is 1.15 bits per heavy atom. The van der Waals surface area contributed by atoms with E-state index < -0.39 is 11.9 Å². The number of carboxylic acid groups (broad SMARTS) is 1. The number of hydrogen-bond acceptors (Lipinski definition) is 4. The van der Waals surface area contributed by atoms with E-state index in [1.54, 1.807) is 6.07 Å². The normalized spacial score (nSPS) is 10.1. The predicted molar refractivity (Wildman–Crippen MR) is 104 cm³/mol. The summed E-state index contributed by atoms with van der Waals surface area (Å²) in [6.45, 7) is 3.73. The number of halogens is 1. The summed E-state index contributed by atoms with van der Waals surface area (Å²) in [5.74, 6) is -0.966. The summed E-state index contributed by atoms with van der Waals surface area (Å²) >= 11 is 11.0. The van der Waals surface area contributed by atoms with Gasteiger partial charge in [-0.15, -0.1) is 0 Å². The van der Waals surface area contributed by atoms with Crippen LogP contribution in [0.4, 0.5) is 5.69 Å². The molecule has 0 atom stereocenters. The van der Waals surface area contributed by atoms with Gasteiger partial charge in [-0.3, -0.25) is 10.1 Å². The van der Waals surface area contributed by atoms with Crippen LogP contribution >= 0.6 is 23.8 Å². The number of ether oxygens (including phenoxy) is 1. The molecule has 6 nitrogen and oxygen atoms in total. The molecule has 0 aliphatic rings. The Labute approximate surface area is 161 Å². The van der Waals surface area contributed by atoms with E-state index in [0.717, 1.165) is 11.1 Å². The van der Waals surface area contributed by atoms with Crippen molar-refractivity contribution in [2.24, 2.45) is 0 Å². The molecule has 0 aromatic heterocycles. The number of hydrogen-bond donors (Lipinski definition) is 3. The van der Waals surface area contributed by atoms with Crippen molar-refractivity contribution < 1.29 is 19.4 Å². The molecule has 0 unspecified atom stereocenters. The van der Waals surface area contributed by atoms with E-state index in [4.69, 9.17) is 33.7 Å². The zero-order chi connectivity index (χ0) is 19.3. The van der Waals surface area contributed by atoms with Gasteiger partial charge >= 0.3 is 5.97 Å². The van der Waals surface area contributed by atoms with Gasteiger partial charge in [-0.05, 0) is 67.5 Å². The first-order chi connectivity index (χ1) is 12.3. The quantitative estimate of drug-likeness (QED) is 0.674. The Morgan fingerprint density at radius 2 is 1.88 bits per heavy atom. The van der Waals surface area contributed by atoms with Gasteiger partial charge in [-0.1, -0.05) is 17.7 Å². The third-order valence-corrected chi connectivity index (χ3v) is 4.10. The van der Waals surface area contributed by atoms with Crippen LogP contribution in [0, 0.1) is 13.8 Å². The second-order valence-corrected chi connectivity index (χ2v) is 6.35. The highest BCUT2D eigenvalue weighted by Gasteiger charge is 2.11. The molecule has 8 heteroatoms. The first-order valence-corrected chi connectivity index (χ1v) is 8.38. The maximum Gasteiger partial charge on any atom is 0.335 e. The van der Waals surface area contributed by atoms with Crippen LogP contribution in [0.2, 0.25) is 5.02 Å². The summed E-state index contributed by atoms with van der Waals surface area (Å²) in [5.41, 5.74) is 2.52. The van der Waals surface area contributed by atoms with Gasteiger partial charge in [0.05, 0.1) is 16.3 Å². The highest BCUT2D eigenvalue weighted by molar-refractivity contribution is 7.80. The van der Waals surface area contributed by atoms with Crippen LogP contribution in [0.5, 0.6) is 5.75 Å². The summed E-state index contributed by atoms with van der Waals surface area (Å²) < 4.78 is 5.43. The van der Waals surface area contributed by atoms with Gasteiger partial charge < -0.3 is 15.2 Å². The predicted octanol–water partition coefficient (Wildman–Crippen LogP) is 3.55. The maximum atomic E-state index is 11.9. The minimum atomic E-state index is -1.10. The molecule has 0 radical (unpaired) electrons. The fourth-order valence-electron chi connectivity index (χ4n) is 2.02. The molecule has 2 aromatic rings. The highest BCUT2D eigenvalue weighted by Crippen LogP contribution is 2.23. The monoisotopic (exact) mass is 392 g/mol. The number of thiocarbonyl (C=S) groups is 1. The molecule has 0 spiro atoms. The molecule has 0 aliphatic carbocycles. The first kappa shape index (κ1) is 19.7. The average molecular weight is 393 g/mol. The van der Waals surface area contributed by atoms with Crippen LogP contribution in [0.25, 0.3) is 0 Å². The van der Waals surface area contributed by atoms with Crippen LogP contribution in [-0.2, 0) is 4.79 Å². The van der Waals surface area contributed by atoms with Gasteiger partial charge in [0, 0.05) is 0 Å². The van der Waals surface area contributed by atoms with Crippen LogP contribution in [0.1, 0.15) is 21.5 Å². The topological polar surface area (TPSA) is 87.7 Å². The average Bonchev–Trinajstić information content (AvgIpc) is 2.57. The van der Waals surface area contributed by atoms with E-state index in [1.807, 2.05) is 26.0 Å². The van der Waals surface area contributed by atoms with Crippen molar-refractivity contribution in [3.05, 3.63) is 58.1 Å². The van der Waals surface area contributed by atoms with E-state index >= 15 is 0 Å². The number of nitrogens with one attached hydrogen (secondary N) is 2. The first-order valence-electron chi connectivity index (χ1n) is 7.60. The smallest absolute Gasteiger partial charge is 0.335 e. The Bertz CT molecular complexity index is 870. The molecule has 0 saturated heterocycles. The number of amides is 1. The van der Waals surface area contributed by atoms with Crippen LogP contribution in [0.15, 0.2) is 36.4 Å². The molecule has 0 fully saturated rings. The fourth-order valence-corrected chi connectivity index (χ4v) is 2.41. The molecule has 0 aliphatic heterocycles. The van der Waals surface area contributed by atoms with Crippen LogP contribution in [-0.4, -0.2) is 28.7 Å². The zero-order valence-corrected chi connectivity index (χ0v) is 15.7. The van der Waals surface area contributed by atoms with E-state index in [1.165, 1.54) is 18.2 Å². The van der Waals surface area contributed by atoms with E-state index in [0.29, 0.717) is 5.75 Å². The van der Waals surface area contributed by atoms with Crippen molar-refractivity contribution in [2.45, 2.75) is 13.8 Å².